The zero-order valence-corrected chi connectivity index (χ0v) is 30.9. The highest BCUT2D eigenvalue weighted by Crippen LogP contribution is 2.56. The van der Waals surface area contributed by atoms with Gasteiger partial charge in [-0.15, -0.1) is 0 Å². The molecule has 6 aromatic rings. The second-order valence-corrected chi connectivity index (χ2v) is 17.7. The number of aliphatic carboxylic acids is 2. The number of carboxylic acid groups (broad SMARTS) is 2. The Morgan fingerprint density at radius 1 is 0.490 bits per heavy atom. The van der Waals surface area contributed by atoms with Gasteiger partial charge in [-0.05, 0) is 73.1 Å². The Balaban J connectivity index is 0.000000204. The summed E-state index contributed by atoms with van der Waals surface area (Å²) in [6, 6.07) is 66.0. The van der Waals surface area contributed by atoms with Gasteiger partial charge in [0.15, 0.2) is 5.97 Å². The molecule has 0 saturated carbocycles. The van der Waals surface area contributed by atoms with Crippen LogP contribution >= 0.6 is 15.2 Å². The first-order valence-corrected chi connectivity index (χ1v) is 20.7. The third-order valence-electron chi connectivity index (χ3n) is 8.41. The van der Waals surface area contributed by atoms with Crippen molar-refractivity contribution >= 4 is 58.9 Å². The smallest absolute Gasteiger partial charge is 0.351 e. The molecule has 0 aliphatic rings. The lowest BCUT2D eigenvalue weighted by Gasteiger charge is -2.27. The standard InChI is InChI=1S/C25H30P.C18H15P.C2H2O4/c1-2-3-4-5-15-22-26(23-16-9-6-10-17-23,24-18-11-7-12-19-24)25-20-13-8-14-21-25;1-4-10-16(11-5-1)19(17-12-6-2-7-13-17)18-14-8-3-9-15-18;3-1(4)2(5)6/h6-14,16-21H,2-5,15,22H2,1H3;1-15H;(H,3,4)(H,5,6)/q+1;;/p-1. The topological polar surface area (TPSA) is 77.4 Å². The predicted molar refractivity (Wildman–Crippen MR) is 217 cm³/mol. The number of carbonyl (C=O) groups is 2. The lowest BCUT2D eigenvalue weighted by Crippen LogP contribution is -2.33. The van der Waals surface area contributed by atoms with E-state index in [0.29, 0.717) is 0 Å². The Hall–Kier alpha value is -4.88. The summed E-state index contributed by atoms with van der Waals surface area (Å²) in [6.45, 7) is 2.29. The maximum Gasteiger partial charge on any atom is 0.351 e. The van der Waals surface area contributed by atoms with E-state index in [-0.39, 0.29) is 0 Å². The van der Waals surface area contributed by atoms with E-state index in [1.165, 1.54) is 70.1 Å². The summed E-state index contributed by atoms with van der Waals surface area (Å²) in [4.78, 5) is 18.0. The molecule has 0 amide bonds. The summed E-state index contributed by atoms with van der Waals surface area (Å²) < 4.78 is 0. The fourth-order valence-corrected chi connectivity index (χ4v) is 12.7. The summed E-state index contributed by atoms with van der Waals surface area (Å²) in [5.41, 5.74) is 0. The van der Waals surface area contributed by atoms with Gasteiger partial charge in [0.05, 0.1) is 6.16 Å². The van der Waals surface area contributed by atoms with Crippen LogP contribution in [-0.2, 0) is 9.59 Å². The average Bonchev–Trinajstić information content (AvgIpc) is 3.19. The van der Waals surface area contributed by atoms with Crippen molar-refractivity contribution in [2.45, 2.75) is 39.0 Å². The van der Waals surface area contributed by atoms with Gasteiger partial charge in [-0.3, -0.25) is 0 Å². The number of benzene rings is 6. The molecule has 0 unspecified atom stereocenters. The van der Waals surface area contributed by atoms with Crippen LogP contribution in [0.4, 0.5) is 0 Å². The molecule has 0 bridgehead atoms. The van der Waals surface area contributed by atoms with Crippen molar-refractivity contribution in [3.8, 4) is 0 Å². The lowest BCUT2D eigenvalue weighted by atomic mass is 10.2. The molecule has 260 valence electrons. The highest BCUT2D eigenvalue weighted by Gasteiger charge is 2.44. The van der Waals surface area contributed by atoms with Gasteiger partial charge in [-0.25, -0.2) is 4.79 Å². The molecule has 0 aromatic heterocycles. The van der Waals surface area contributed by atoms with Gasteiger partial charge in [0.1, 0.15) is 23.2 Å². The van der Waals surface area contributed by atoms with Crippen molar-refractivity contribution in [2.24, 2.45) is 0 Å². The van der Waals surface area contributed by atoms with Crippen LogP contribution in [0.25, 0.3) is 0 Å². The second-order valence-electron chi connectivity index (χ2n) is 11.9. The maximum atomic E-state index is 9.04. The number of carbonyl (C=O) groups excluding carboxylic acids is 1. The Morgan fingerprint density at radius 2 is 0.765 bits per heavy atom. The van der Waals surface area contributed by atoms with Crippen LogP contribution in [-0.4, -0.2) is 23.2 Å². The Kier molecular flexibility index (Phi) is 16.3. The minimum Gasteiger partial charge on any atom is -0.539 e. The van der Waals surface area contributed by atoms with E-state index < -0.39 is 27.1 Å². The second kappa shape index (κ2) is 21.4. The van der Waals surface area contributed by atoms with Gasteiger partial charge in [0.2, 0.25) is 0 Å². The molecule has 0 aliphatic carbocycles. The quantitative estimate of drug-likeness (QED) is 0.0827. The van der Waals surface area contributed by atoms with Crippen LogP contribution < -0.4 is 36.9 Å². The molecule has 0 spiro atoms. The number of carboxylic acids is 2. The Morgan fingerprint density at radius 3 is 1.04 bits per heavy atom. The molecule has 6 heteroatoms. The molecular weight excluding hydrogens is 666 g/mol. The molecule has 0 aliphatic heterocycles. The van der Waals surface area contributed by atoms with E-state index in [9.17, 15) is 0 Å². The van der Waals surface area contributed by atoms with Crippen LogP contribution in [0.2, 0.25) is 0 Å². The molecule has 0 fully saturated rings. The van der Waals surface area contributed by atoms with E-state index >= 15 is 0 Å². The third-order valence-corrected chi connectivity index (χ3v) is 15.4. The normalized spacial score (nSPS) is 10.6. The number of hydrogen-bond donors (Lipinski definition) is 1. The molecule has 0 saturated heterocycles. The van der Waals surface area contributed by atoms with E-state index in [2.05, 4.69) is 189 Å². The molecule has 0 heterocycles. The average molecular weight is 713 g/mol. The first-order chi connectivity index (χ1) is 25.0. The van der Waals surface area contributed by atoms with Gasteiger partial charge in [0.25, 0.3) is 0 Å². The first-order valence-electron chi connectivity index (χ1n) is 17.4. The van der Waals surface area contributed by atoms with Crippen molar-refractivity contribution in [1.82, 2.24) is 0 Å². The maximum absolute atomic E-state index is 9.04. The van der Waals surface area contributed by atoms with Gasteiger partial charge >= 0.3 is 5.97 Å². The highest BCUT2D eigenvalue weighted by molar-refractivity contribution is 7.95. The van der Waals surface area contributed by atoms with Gasteiger partial charge in [0, 0.05) is 0 Å². The minimum absolute atomic E-state index is 0.446. The monoisotopic (exact) mass is 712 g/mol. The Bertz CT molecular complexity index is 1640. The number of rotatable bonds is 12. The van der Waals surface area contributed by atoms with Crippen LogP contribution in [0.3, 0.4) is 0 Å². The fraction of sp³-hybridized carbons (Fsp3) is 0.156. The summed E-state index contributed by atoms with van der Waals surface area (Å²) in [6.07, 6.45) is 7.90. The lowest BCUT2D eigenvalue weighted by molar-refractivity contribution is -0.303. The summed E-state index contributed by atoms with van der Waals surface area (Å²) in [7, 11) is -2.05. The zero-order valence-electron chi connectivity index (χ0n) is 29.1. The molecule has 0 radical (unpaired) electrons. The van der Waals surface area contributed by atoms with Crippen LogP contribution in [0.15, 0.2) is 182 Å². The fourth-order valence-electron chi connectivity index (χ4n) is 6.01. The van der Waals surface area contributed by atoms with E-state index in [4.69, 9.17) is 19.8 Å². The van der Waals surface area contributed by atoms with Gasteiger partial charge in [-0.2, -0.15) is 0 Å². The molecule has 51 heavy (non-hydrogen) atoms. The Labute approximate surface area is 305 Å². The molecular formula is C45H46O4P2. The van der Waals surface area contributed by atoms with E-state index in [0.717, 1.165) is 0 Å². The molecule has 6 aromatic carbocycles. The van der Waals surface area contributed by atoms with Gasteiger partial charge in [-0.1, -0.05) is 172 Å². The number of hydrogen-bond acceptors (Lipinski definition) is 3. The van der Waals surface area contributed by atoms with E-state index in [1.54, 1.807) is 0 Å². The van der Waals surface area contributed by atoms with Crippen molar-refractivity contribution in [1.29, 1.82) is 0 Å². The van der Waals surface area contributed by atoms with Crippen LogP contribution in [0, 0.1) is 0 Å². The predicted octanol–water partition coefficient (Wildman–Crippen LogP) is 7.22. The van der Waals surface area contributed by atoms with Crippen LogP contribution in [0.1, 0.15) is 39.0 Å². The van der Waals surface area contributed by atoms with Crippen LogP contribution in [0.5, 0.6) is 0 Å². The first kappa shape index (κ1) is 38.9. The third kappa shape index (κ3) is 11.6. The summed E-state index contributed by atoms with van der Waals surface area (Å²) in [5.74, 6) is -4.01. The molecule has 0 atom stereocenters. The largest absolute Gasteiger partial charge is 0.539 e. The number of unbranched alkanes of at least 4 members (excludes halogenated alkanes) is 4. The SMILES string of the molecule is CCCCCCC[P+](c1ccccc1)(c1ccccc1)c1ccccc1.O=C([O-])C(=O)O.c1ccc(P(c2ccccc2)c2ccccc2)cc1. The van der Waals surface area contributed by atoms with Crippen molar-refractivity contribution in [3.63, 3.8) is 0 Å². The van der Waals surface area contributed by atoms with Crippen molar-refractivity contribution < 1.29 is 19.8 Å². The summed E-state index contributed by atoms with van der Waals surface area (Å²) >= 11 is 0. The van der Waals surface area contributed by atoms with E-state index in [1.807, 2.05) is 0 Å². The molecule has 6 rings (SSSR count). The zero-order chi connectivity index (χ0) is 36.2. The molecule has 1 N–H and O–H groups in total. The van der Waals surface area contributed by atoms with Gasteiger partial charge < -0.3 is 15.0 Å². The van der Waals surface area contributed by atoms with Crippen molar-refractivity contribution in [2.75, 3.05) is 6.16 Å². The molecule has 4 nitrogen and oxygen atoms in total. The highest BCUT2D eigenvalue weighted by atomic mass is 31.2. The minimum atomic E-state index is -2.07. The summed E-state index contributed by atoms with van der Waals surface area (Å²) in [5, 5.41) is 25.0. The van der Waals surface area contributed by atoms with Crippen molar-refractivity contribution in [3.05, 3.63) is 182 Å².